The number of ether oxygens (including phenoxy) is 1. The predicted molar refractivity (Wildman–Crippen MR) is 63.2 cm³/mol. The van der Waals surface area contributed by atoms with E-state index in [0.717, 1.165) is 19.7 Å². The van der Waals surface area contributed by atoms with Crippen LogP contribution < -0.4 is 0 Å². The zero-order chi connectivity index (χ0) is 11.4. The van der Waals surface area contributed by atoms with E-state index in [1.165, 1.54) is 5.56 Å². The van der Waals surface area contributed by atoms with Gasteiger partial charge in [-0.25, -0.2) is 0 Å². The van der Waals surface area contributed by atoms with Crippen LogP contribution in [0.2, 0.25) is 0 Å². The number of morpholine rings is 1. The van der Waals surface area contributed by atoms with Crippen LogP contribution in [0.15, 0.2) is 30.3 Å². The topological polar surface area (TPSA) is 32.7 Å². The molecule has 3 heteroatoms. The Balaban J connectivity index is 2.07. The molecule has 0 spiro atoms. The first-order valence-corrected chi connectivity index (χ1v) is 5.72. The van der Waals surface area contributed by atoms with E-state index in [4.69, 9.17) is 4.74 Å². The lowest BCUT2D eigenvalue weighted by atomic mass is 10.00. The highest BCUT2D eigenvalue weighted by molar-refractivity contribution is 5.15. The highest BCUT2D eigenvalue weighted by atomic mass is 16.5. The third kappa shape index (κ3) is 2.43. The van der Waals surface area contributed by atoms with Crippen molar-refractivity contribution < 1.29 is 9.84 Å². The highest BCUT2D eigenvalue weighted by Gasteiger charge is 2.34. The highest BCUT2D eigenvalue weighted by Crippen LogP contribution is 2.21. The molecule has 0 radical (unpaired) electrons. The summed E-state index contributed by atoms with van der Waals surface area (Å²) in [4.78, 5) is 2.30. The van der Waals surface area contributed by atoms with Gasteiger partial charge >= 0.3 is 0 Å². The molecule has 1 heterocycles. The Kier molecular flexibility index (Phi) is 3.59. The van der Waals surface area contributed by atoms with Crippen LogP contribution >= 0.6 is 0 Å². The van der Waals surface area contributed by atoms with E-state index in [2.05, 4.69) is 24.0 Å². The maximum Gasteiger partial charge on any atom is 0.0671 e. The largest absolute Gasteiger partial charge is 0.394 e. The van der Waals surface area contributed by atoms with Crippen molar-refractivity contribution in [3.05, 3.63) is 35.9 Å². The van der Waals surface area contributed by atoms with Crippen molar-refractivity contribution in [2.75, 3.05) is 26.4 Å². The second kappa shape index (κ2) is 4.95. The average Bonchev–Trinajstić information content (AvgIpc) is 2.34. The smallest absolute Gasteiger partial charge is 0.0671 e. The molecule has 1 atom stereocenters. The molecule has 0 amide bonds. The summed E-state index contributed by atoms with van der Waals surface area (Å²) in [6, 6.07) is 10.4. The third-order valence-corrected chi connectivity index (χ3v) is 3.24. The van der Waals surface area contributed by atoms with Gasteiger partial charge in [-0.3, -0.25) is 4.90 Å². The molecule has 1 aromatic carbocycles. The van der Waals surface area contributed by atoms with Crippen molar-refractivity contribution >= 4 is 0 Å². The molecular weight excluding hydrogens is 202 g/mol. The summed E-state index contributed by atoms with van der Waals surface area (Å²) in [5.41, 5.74) is 1.04. The number of aliphatic hydroxyl groups is 1. The molecule has 16 heavy (non-hydrogen) atoms. The molecule has 0 saturated carbocycles. The van der Waals surface area contributed by atoms with Gasteiger partial charge in [-0.2, -0.15) is 0 Å². The van der Waals surface area contributed by atoms with Gasteiger partial charge < -0.3 is 9.84 Å². The fourth-order valence-corrected chi connectivity index (χ4v) is 2.05. The molecule has 1 aliphatic rings. The predicted octanol–water partition coefficient (Wildman–Crippen LogP) is 1.27. The maximum atomic E-state index is 9.48. The average molecular weight is 221 g/mol. The van der Waals surface area contributed by atoms with E-state index in [1.807, 2.05) is 18.2 Å². The summed E-state index contributed by atoms with van der Waals surface area (Å²) < 4.78 is 5.44. The van der Waals surface area contributed by atoms with Crippen molar-refractivity contribution in [3.8, 4) is 0 Å². The fourth-order valence-electron chi connectivity index (χ4n) is 2.05. The molecule has 1 aromatic rings. The van der Waals surface area contributed by atoms with Crippen LogP contribution in [0.25, 0.3) is 0 Å². The summed E-state index contributed by atoms with van der Waals surface area (Å²) in [6.07, 6.45) is 0. The lowest BCUT2D eigenvalue weighted by molar-refractivity contribution is -0.0863. The van der Waals surface area contributed by atoms with Crippen molar-refractivity contribution in [2.24, 2.45) is 0 Å². The Bertz CT molecular complexity index is 328. The summed E-state index contributed by atoms with van der Waals surface area (Å²) in [6.45, 7) is 5.31. The third-order valence-electron chi connectivity index (χ3n) is 3.24. The Morgan fingerprint density at radius 2 is 2.12 bits per heavy atom. The first kappa shape index (κ1) is 11.6. The lowest BCUT2D eigenvalue weighted by Crippen LogP contribution is -2.56. The Morgan fingerprint density at radius 3 is 2.81 bits per heavy atom. The minimum absolute atomic E-state index is 0.139. The van der Waals surface area contributed by atoms with E-state index in [1.54, 1.807) is 0 Å². The number of hydrogen-bond donors (Lipinski definition) is 1. The van der Waals surface area contributed by atoms with Gasteiger partial charge in [0.2, 0.25) is 0 Å². The van der Waals surface area contributed by atoms with E-state index in [-0.39, 0.29) is 12.1 Å². The van der Waals surface area contributed by atoms with Gasteiger partial charge in [0.15, 0.2) is 0 Å². The van der Waals surface area contributed by atoms with E-state index in [0.29, 0.717) is 6.61 Å². The zero-order valence-electron chi connectivity index (χ0n) is 9.72. The molecule has 88 valence electrons. The second-order valence-electron chi connectivity index (χ2n) is 4.61. The van der Waals surface area contributed by atoms with Gasteiger partial charge in [0.05, 0.1) is 25.4 Å². The van der Waals surface area contributed by atoms with E-state index >= 15 is 0 Å². The summed E-state index contributed by atoms with van der Waals surface area (Å²) >= 11 is 0. The van der Waals surface area contributed by atoms with Gasteiger partial charge in [-0.05, 0) is 12.5 Å². The van der Waals surface area contributed by atoms with Gasteiger partial charge in [0.1, 0.15) is 0 Å². The molecule has 2 rings (SSSR count). The first-order chi connectivity index (χ1) is 7.74. The molecule has 1 saturated heterocycles. The number of nitrogens with zero attached hydrogens (tertiary/aromatic N) is 1. The van der Waals surface area contributed by atoms with Crippen LogP contribution in [0.5, 0.6) is 0 Å². The zero-order valence-corrected chi connectivity index (χ0v) is 9.72. The minimum atomic E-state index is -0.242. The second-order valence-corrected chi connectivity index (χ2v) is 4.61. The molecular formula is C13H19NO2. The van der Waals surface area contributed by atoms with Crippen molar-refractivity contribution in [3.63, 3.8) is 0 Å². The number of hydrogen-bond acceptors (Lipinski definition) is 3. The van der Waals surface area contributed by atoms with E-state index in [9.17, 15) is 5.11 Å². The summed E-state index contributed by atoms with van der Waals surface area (Å²) in [5, 5.41) is 9.48. The molecule has 0 aromatic heterocycles. The number of benzene rings is 1. The Morgan fingerprint density at radius 1 is 1.38 bits per heavy atom. The van der Waals surface area contributed by atoms with Gasteiger partial charge in [-0.1, -0.05) is 30.3 Å². The number of aliphatic hydroxyl groups excluding tert-OH is 1. The minimum Gasteiger partial charge on any atom is -0.394 e. The van der Waals surface area contributed by atoms with E-state index < -0.39 is 0 Å². The monoisotopic (exact) mass is 221 g/mol. The van der Waals surface area contributed by atoms with Crippen LogP contribution in [-0.2, 0) is 11.3 Å². The van der Waals surface area contributed by atoms with Crippen molar-refractivity contribution in [2.45, 2.75) is 19.0 Å². The quantitative estimate of drug-likeness (QED) is 0.834. The summed E-state index contributed by atoms with van der Waals surface area (Å²) in [7, 11) is 0. The molecule has 0 bridgehead atoms. The van der Waals surface area contributed by atoms with Crippen LogP contribution in [0.3, 0.4) is 0 Å². The van der Waals surface area contributed by atoms with Gasteiger partial charge in [-0.15, -0.1) is 0 Å². The first-order valence-electron chi connectivity index (χ1n) is 5.72. The Labute approximate surface area is 96.6 Å². The summed E-state index contributed by atoms with van der Waals surface area (Å²) in [5.74, 6) is 0. The normalized spacial score (nSPS) is 26.9. The molecule has 0 unspecified atom stereocenters. The standard InChI is InChI=1S/C13H19NO2/c1-13(10-15)11-16-8-7-14(13)9-12-5-3-2-4-6-12/h2-6,15H,7-11H2,1H3/t13-/m0/s1. The van der Waals surface area contributed by atoms with Crippen LogP contribution in [0, 0.1) is 0 Å². The van der Waals surface area contributed by atoms with Gasteiger partial charge in [0, 0.05) is 13.1 Å². The molecule has 3 nitrogen and oxygen atoms in total. The van der Waals surface area contributed by atoms with Crippen molar-refractivity contribution in [1.29, 1.82) is 0 Å². The maximum absolute atomic E-state index is 9.48. The van der Waals surface area contributed by atoms with Crippen LogP contribution in [0.1, 0.15) is 12.5 Å². The van der Waals surface area contributed by atoms with Gasteiger partial charge in [0.25, 0.3) is 0 Å². The fraction of sp³-hybridized carbons (Fsp3) is 0.538. The number of rotatable bonds is 3. The SMILES string of the molecule is C[C@]1(CO)COCCN1Cc1ccccc1. The molecule has 1 aliphatic heterocycles. The van der Waals surface area contributed by atoms with Crippen LogP contribution in [0.4, 0.5) is 0 Å². The van der Waals surface area contributed by atoms with Crippen molar-refractivity contribution in [1.82, 2.24) is 4.90 Å². The molecule has 1 fully saturated rings. The van der Waals surface area contributed by atoms with Crippen LogP contribution in [-0.4, -0.2) is 41.9 Å². The lowest BCUT2D eigenvalue weighted by Gasteiger charge is -2.43. The molecule has 1 N–H and O–H groups in total. The Hall–Kier alpha value is -0.900. The molecule has 0 aliphatic carbocycles.